The molecular weight excluding hydrogens is 288 g/mol. The maximum atomic E-state index is 5.47. The Morgan fingerprint density at radius 3 is 3.00 bits per heavy atom. The van der Waals surface area contributed by atoms with E-state index in [2.05, 4.69) is 40.1 Å². The molecule has 1 unspecified atom stereocenters. The van der Waals surface area contributed by atoms with Crippen LogP contribution in [0.5, 0.6) is 0 Å². The molecule has 2 heterocycles. The standard InChI is InChI=1S/C11H13BrN2OS/c1-3-13-7(2)9-6-14-11(16-9)8-4-5-10(12)15-8/h4-7,13H,3H2,1-2H3. The summed E-state index contributed by atoms with van der Waals surface area (Å²) in [6.07, 6.45) is 1.91. The van der Waals surface area contributed by atoms with E-state index >= 15 is 0 Å². The summed E-state index contributed by atoms with van der Waals surface area (Å²) in [5.41, 5.74) is 0. The van der Waals surface area contributed by atoms with Gasteiger partial charge in [-0.25, -0.2) is 4.98 Å². The van der Waals surface area contributed by atoms with Crippen LogP contribution in [0.15, 0.2) is 27.4 Å². The van der Waals surface area contributed by atoms with Crippen molar-refractivity contribution in [3.05, 3.63) is 27.9 Å². The topological polar surface area (TPSA) is 38.1 Å². The van der Waals surface area contributed by atoms with E-state index < -0.39 is 0 Å². The lowest BCUT2D eigenvalue weighted by Gasteiger charge is -2.07. The molecule has 2 aromatic rings. The summed E-state index contributed by atoms with van der Waals surface area (Å²) < 4.78 is 6.20. The van der Waals surface area contributed by atoms with Crippen molar-refractivity contribution in [3.63, 3.8) is 0 Å². The zero-order valence-corrected chi connectivity index (χ0v) is 11.6. The van der Waals surface area contributed by atoms with Gasteiger partial charge in [-0.3, -0.25) is 0 Å². The van der Waals surface area contributed by atoms with Crippen LogP contribution in [0.4, 0.5) is 0 Å². The molecular formula is C11H13BrN2OS. The molecule has 0 bridgehead atoms. The smallest absolute Gasteiger partial charge is 0.170 e. The molecule has 0 radical (unpaired) electrons. The normalized spacial score (nSPS) is 12.9. The molecule has 0 spiro atoms. The molecule has 5 heteroatoms. The van der Waals surface area contributed by atoms with Crippen LogP contribution in [0.3, 0.4) is 0 Å². The van der Waals surface area contributed by atoms with E-state index in [0.29, 0.717) is 6.04 Å². The summed E-state index contributed by atoms with van der Waals surface area (Å²) in [7, 11) is 0. The number of aromatic nitrogens is 1. The van der Waals surface area contributed by atoms with Crippen molar-refractivity contribution in [2.45, 2.75) is 19.9 Å². The van der Waals surface area contributed by atoms with Gasteiger partial charge in [-0.2, -0.15) is 0 Å². The van der Waals surface area contributed by atoms with Crippen LogP contribution in [0.1, 0.15) is 24.8 Å². The van der Waals surface area contributed by atoms with Crippen LogP contribution in [0.25, 0.3) is 10.8 Å². The number of halogens is 1. The molecule has 2 rings (SSSR count). The van der Waals surface area contributed by atoms with Gasteiger partial charge in [-0.1, -0.05) is 6.92 Å². The largest absolute Gasteiger partial charge is 0.447 e. The van der Waals surface area contributed by atoms with E-state index in [4.69, 9.17) is 4.42 Å². The number of hydrogen-bond acceptors (Lipinski definition) is 4. The Morgan fingerprint density at radius 2 is 2.38 bits per heavy atom. The average molecular weight is 301 g/mol. The second-order valence-electron chi connectivity index (χ2n) is 3.45. The molecule has 0 aliphatic heterocycles. The molecule has 0 saturated heterocycles. The Morgan fingerprint density at radius 1 is 1.56 bits per heavy atom. The third kappa shape index (κ3) is 2.53. The molecule has 1 atom stereocenters. The maximum absolute atomic E-state index is 5.47. The van der Waals surface area contributed by atoms with Crippen LogP contribution in [-0.2, 0) is 0 Å². The van der Waals surface area contributed by atoms with Crippen molar-refractivity contribution in [1.82, 2.24) is 10.3 Å². The summed E-state index contributed by atoms with van der Waals surface area (Å²) in [5, 5.41) is 4.28. The molecule has 3 nitrogen and oxygen atoms in total. The highest BCUT2D eigenvalue weighted by atomic mass is 79.9. The van der Waals surface area contributed by atoms with E-state index in [9.17, 15) is 0 Å². The summed E-state index contributed by atoms with van der Waals surface area (Å²) in [6.45, 7) is 5.20. The minimum absolute atomic E-state index is 0.342. The SMILES string of the molecule is CCNC(C)c1cnc(-c2ccc(Br)o2)s1. The van der Waals surface area contributed by atoms with Gasteiger partial charge in [0.1, 0.15) is 0 Å². The van der Waals surface area contributed by atoms with E-state index in [1.807, 2.05) is 18.3 Å². The maximum Gasteiger partial charge on any atom is 0.170 e. The number of nitrogens with zero attached hydrogens (tertiary/aromatic N) is 1. The van der Waals surface area contributed by atoms with Gasteiger partial charge in [0, 0.05) is 17.1 Å². The van der Waals surface area contributed by atoms with E-state index in [1.165, 1.54) is 4.88 Å². The first-order valence-corrected chi connectivity index (χ1v) is 6.76. The van der Waals surface area contributed by atoms with Crippen molar-refractivity contribution < 1.29 is 4.42 Å². The first-order chi connectivity index (χ1) is 7.70. The monoisotopic (exact) mass is 300 g/mol. The van der Waals surface area contributed by atoms with Gasteiger partial charge in [0.05, 0.1) is 0 Å². The van der Waals surface area contributed by atoms with Gasteiger partial charge in [-0.05, 0) is 41.5 Å². The van der Waals surface area contributed by atoms with Gasteiger partial charge in [0.2, 0.25) is 0 Å². The third-order valence-corrected chi connectivity index (χ3v) is 3.87. The molecule has 0 amide bonds. The molecule has 0 saturated carbocycles. The number of thiazole rings is 1. The summed E-state index contributed by atoms with van der Waals surface area (Å²) in [6, 6.07) is 4.14. The fourth-order valence-corrected chi connectivity index (χ4v) is 2.65. The van der Waals surface area contributed by atoms with Gasteiger partial charge in [0.15, 0.2) is 15.4 Å². The number of hydrogen-bond donors (Lipinski definition) is 1. The van der Waals surface area contributed by atoms with Crippen molar-refractivity contribution >= 4 is 27.3 Å². The van der Waals surface area contributed by atoms with Crippen molar-refractivity contribution in [2.24, 2.45) is 0 Å². The Labute approximate surface area is 107 Å². The molecule has 0 fully saturated rings. The van der Waals surface area contributed by atoms with E-state index in [1.54, 1.807) is 11.3 Å². The van der Waals surface area contributed by atoms with Gasteiger partial charge < -0.3 is 9.73 Å². The molecule has 86 valence electrons. The van der Waals surface area contributed by atoms with E-state index in [0.717, 1.165) is 22.0 Å². The lowest BCUT2D eigenvalue weighted by molar-refractivity contribution is 0.555. The van der Waals surface area contributed by atoms with Gasteiger partial charge >= 0.3 is 0 Å². The Balaban J connectivity index is 2.19. The fourth-order valence-electron chi connectivity index (χ4n) is 1.44. The second kappa shape index (κ2) is 5.12. The molecule has 2 aromatic heterocycles. The molecule has 1 N–H and O–H groups in total. The molecule has 0 aromatic carbocycles. The highest BCUT2D eigenvalue weighted by Crippen LogP contribution is 2.30. The first-order valence-electron chi connectivity index (χ1n) is 5.15. The van der Waals surface area contributed by atoms with Crippen molar-refractivity contribution in [3.8, 4) is 10.8 Å². The Hall–Kier alpha value is -0.650. The lowest BCUT2D eigenvalue weighted by atomic mass is 10.3. The zero-order chi connectivity index (χ0) is 11.5. The fraction of sp³-hybridized carbons (Fsp3) is 0.364. The van der Waals surface area contributed by atoms with Crippen LogP contribution in [-0.4, -0.2) is 11.5 Å². The lowest BCUT2D eigenvalue weighted by Crippen LogP contribution is -2.16. The minimum Gasteiger partial charge on any atom is -0.447 e. The quantitative estimate of drug-likeness (QED) is 0.932. The van der Waals surface area contributed by atoms with Gasteiger partial charge in [0.25, 0.3) is 0 Å². The molecule has 0 aliphatic rings. The average Bonchev–Trinajstić information content (AvgIpc) is 2.85. The van der Waals surface area contributed by atoms with Crippen LogP contribution in [0, 0.1) is 0 Å². The number of furan rings is 1. The van der Waals surface area contributed by atoms with Crippen molar-refractivity contribution in [1.29, 1.82) is 0 Å². The highest BCUT2D eigenvalue weighted by molar-refractivity contribution is 9.10. The van der Waals surface area contributed by atoms with Crippen LogP contribution in [0.2, 0.25) is 0 Å². The Kier molecular flexibility index (Phi) is 3.78. The number of nitrogens with one attached hydrogen (secondary N) is 1. The van der Waals surface area contributed by atoms with Crippen LogP contribution < -0.4 is 5.32 Å². The predicted molar refractivity (Wildman–Crippen MR) is 69.6 cm³/mol. The second-order valence-corrected chi connectivity index (χ2v) is 5.29. The summed E-state index contributed by atoms with van der Waals surface area (Å²) in [5.74, 6) is 0.812. The molecule has 16 heavy (non-hydrogen) atoms. The van der Waals surface area contributed by atoms with Gasteiger partial charge in [-0.15, -0.1) is 11.3 Å². The minimum atomic E-state index is 0.342. The highest BCUT2D eigenvalue weighted by Gasteiger charge is 2.12. The van der Waals surface area contributed by atoms with Crippen molar-refractivity contribution in [2.75, 3.05) is 6.54 Å². The van der Waals surface area contributed by atoms with E-state index in [-0.39, 0.29) is 0 Å². The Bertz CT molecular complexity index is 466. The predicted octanol–water partition coefficient (Wildman–Crippen LogP) is 3.84. The number of rotatable bonds is 4. The third-order valence-electron chi connectivity index (χ3n) is 2.24. The summed E-state index contributed by atoms with van der Waals surface area (Å²) in [4.78, 5) is 5.59. The zero-order valence-electron chi connectivity index (χ0n) is 9.16. The van der Waals surface area contributed by atoms with Crippen LogP contribution >= 0.6 is 27.3 Å². The molecule has 0 aliphatic carbocycles. The summed E-state index contributed by atoms with van der Waals surface area (Å²) >= 11 is 4.95. The first kappa shape index (κ1) is 11.8.